The van der Waals surface area contributed by atoms with Gasteiger partial charge in [0.15, 0.2) is 0 Å². The van der Waals surface area contributed by atoms with E-state index in [2.05, 4.69) is 6.92 Å². The molecule has 1 amide bonds. The highest BCUT2D eigenvalue weighted by Crippen LogP contribution is 2.22. The Morgan fingerprint density at radius 2 is 2.05 bits per heavy atom. The van der Waals surface area contributed by atoms with Crippen molar-refractivity contribution in [3.05, 3.63) is 29.3 Å². The molecule has 0 bridgehead atoms. The van der Waals surface area contributed by atoms with Crippen LogP contribution < -0.4 is 4.74 Å². The monoisotopic (exact) mass is 307 g/mol. The van der Waals surface area contributed by atoms with Gasteiger partial charge in [-0.2, -0.15) is 0 Å². The highest BCUT2D eigenvalue weighted by molar-refractivity contribution is 5.94. The number of ether oxygens (including phenoxy) is 3. The fourth-order valence-electron chi connectivity index (χ4n) is 2.40. The van der Waals surface area contributed by atoms with Crippen LogP contribution in [0.2, 0.25) is 0 Å². The molecule has 0 radical (unpaired) electrons. The summed E-state index contributed by atoms with van der Waals surface area (Å²) in [5.41, 5.74) is 1.61. The van der Waals surface area contributed by atoms with Crippen LogP contribution in [0.4, 0.5) is 0 Å². The second kappa shape index (κ2) is 8.76. The molecule has 1 aromatic carbocycles. The fourth-order valence-corrected chi connectivity index (χ4v) is 2.40. The number of nitrogens with zero attached hydrogens (tertiary/aromatic N) is 1. The molecule has 5 nitrogen and oxygen atoms in total. The maximum absolute atomic E-state index is 12.5. The lowest BCUT2D eigenvalue weighted by atomic mass is 10.1. The third-order valence-electron chi connectivity index (χ3n) is 3.51. The minimum Gasteiger partial charge on any atom is -0.494 e. The van der Waals surface area contributed by atoms with Gasteiger partial charge in [0.1, 0.15) is 5.75 Å². The molecule has 0 spiro atoms. The zero-order valence-corrected chi connectivity index (χ0v) is 13.5. The van der Waals surface area contributed by atoms with Gasteiger partial charge in [-0.25, -0.2) is 0 Å². The molecule has 1 fully saturated rings. The van der Waals surface area contributed by atoms with Gasteiger partial charge in [-0.3, -0.25) is 4.79 Å². The van der Waals surface area contributed by atoms with Crippen LogP contribution >= 0.6 is 0 Å². The summed E-state index contributed by atoms with van der Waals surface area (Å²) in [6.45, 7) is 8.29. The molecule has 0 unspecified atom stereocenters. The van der Waals surface area contributed by atoms with Crippen LogP contribution in [0.5, 0.6) is 5.75 Å². The molecule has 2 rings (SSSR count). The highest BCUT2D eigenvalue weighted by Gasteiger charge is 2.19. The van der Waals surface area contributed by atoms with Gasteiger partial charge in [0, 0.05) is 30.8 Å². The lowest BCUT2D eigenvalue weighted by Gasteiger charge is -2.27. The summed E-state index contributed by atoms with van der Waals surface area (Å²) in [4.78, 5) is 14.4. The summed E-state index contributed by atoms with van der Waals surface area (Å²) in [5, 5.41) is 0. The molecule has 0 aliphatic carbocycles. The van der Waals surface area contributed by atoms with Crippen molar-refractivity contribution in [3.8, 4) is 5.75 Å². The van der Waals surface area contributed by atoms with Crippen LogP contribution in [0.3, 0.4) is 0 Å². The summed E-state index contributed by atoms with van der Waals surface area (Å²) in [5.74, 6) is 0.834. The number of carbonyl (C=O) groups excluding carboxylic acids is 1. The zero-order valence-electron chi connectivity index (χ0n) is 13.5. The Hall–Kier alpha value is -1.59. The lowest BCUT2D eigenvalue weighted by Crippen LogP contribution is -2.40. The molecule has 22 heavy (non-hydrogen) atoms. The van der Waals surface area contributed by atoms with E-state index in [1.165, 1.54) is 0 Å². The molecular weight excluding hydrogens is 282 g/mol. The van der Waals surface area contributed by atoms with E-state index in [4.69, 9.17) is 14.2 Å². The Balaban J connectivity index is 2.13. The molecule has 0 N–H and O–H groups in total. The normalized spacial score (nSPS) is 14.9. The number of hydrogen-bond donors (Lipinski definition) is 0. The van der Waals surface area contributed by atoms with Crippen molar-refractivity contribution in [1.82, 2.24) is 4.90 Å². The van der Waals surface area contributed by atoms with Crippen LogP contribution in [-0.2, 0) is 16.1 Å². The minimum atomic E-state index is 0.0445. The van der Waals surface area contributed by atoms with Crippen molar-refractivity contribution in [3.63, 3.8) is 0 Å². The first-order valence-corrected chi connectivity index (χ1v) is 7.96. The summed E-state index contributed by atoms with van der Waals surface area (Å²) in [6.07, 6.45) is 0.969. The molecule has 0 aromatic heterocycles. The zero-order chi connectivity index (χ0) is 15.8. The summed E-state index contributed by atoms with van der Waals surface area (Å²) >= 11 is 0. The predicted molar refractivity (Wildman–Crippen MR) is 84.3 cm³/mol. The highest BCUT2D eigenvalue weighted by atomic mass is 16.5. The van der Waals surface area contributed by atoms with Gasteiger partial charge in [0.2, 0.25) is 0 Å². The number of amides is 1. The number of benzene rings is 1. The van der Waals surface area contributed by atoms with Crippen molar-refractivity contribution in [2.45, 2.75) is 26.9 Å². The molecule has 1 aromatic rings. The van der Waals surface area contributed by atoms with E-state index in [-0.39, 0.29) is 5.91 Å². The van der Waals surface area contributed by atoms with E-state index in [1.54, 1.807) is 0 Å². The number of rotatable bonds is 7. The number of hydrogen-bond acceptors (Lipinski definition) is 4. The summed E-state index contributed by atoms with van der Waals surface area (Å²) < 4.78 is 16.5. The average Bonchev–Trinajstić information content (AvgIpc) is 2.57. The molecule has 1 saturated heterocycles. The van der Waals surface area contributed by atoms with Gasteiger partial charge in [0.25, 0.3) is 5.91 Å². The topological polar surface area (TPSA) is 48.0 Å². The first-order valence-electron chi connectivity index (χ1n) is 7.96. The van der Waals surface area contributed by atoms with E-state index in [0.29, 0.717) is 51.7 Å². The molecule has 0 saturated carbocycles. The molecule has 1 heterocycles. The van der Waals surface area contributed by atoms with Gasteiger partial charge in [-0.05, 0) is 31.5 Å². The Bertz CT molecular complexity index is 484. The van der Waals surface area contributed by atoms with E-state index < -0.39 is 0 Å². The van der Waals surface area contributed by atoms with Crippen molar-refractivity contribution in [2.75, 3.05) is 39.5 Å². The van der Waals surface area contributed by atoms with Crippen LogP contribution in [0.15, 0.2) is 18.2 Å². The average molecular weight is 307 g/mol. The molecule has 0 atom stereocenters. The van der Waals surface area contributed by atoms with E-state index in [9.17, 15) is 4.79 Å². The SMILES string of the molecule is CCCOCc1cc(C(=O)N2CCOCC2)ccc1OCC. The third kappa shape index (κ3) is 4.45. The lowest BCUT2D eigenvalue weighted by molar-refractivity contribution is 0.0302. The fraction of sp³-hybridized carbons (Fsp3) is 0.588. The Morgan fingerprint density at radius 3 is 2.73 bits per heavy atom. The first-order chi connectivity index (χ1) is 10.8. The van der Waals surface area contributed by atoms with Crippen LogP contribution in [0.1, 0.15) is 36.2 Å². The van der Waals surface area contributed by atoms with E-state index >= 15 is 0 Å². The Labute approximate surface area is 132 Å². The van der Waals surface area contributed by atoms with Gasteiger partial charge >= 0.3 is 0 Å². The second-order valence-electron chi connectivity index (χ2n) is 5.21. The summed E-state index contributed by atoms with van der Waals surface area (Å²) in [7, 11) is 0. The molecule has 1 aliphatic rings. The smallest absolute Gasteiger partial charge is 0.254 e. The van der Waals surface area contributed by atoms with Gasteiger partial charge in [0.05, 0.1) is 26.4 Å². The van der Waals surface area contributed by atoms with E-state index in [1.807, 2.05) is 30.0 Å². The van der Waals surface area contributed by atoms with Crippen molar-refractivity contribution >= 4 is 5.91 Å². The van der Waals surface area contributed by atoms with Crippen LogP contribution in [0.25, 0.3) is 0 Å². The largest absolute Gasteiger partial charge is 0.494 e. The van der Waals surface area contributed by atoms with Crippen molar-refractivity contribution in [2.24, 2.45) is 0 Å². The first kappa shape index (κ1) is 16.8. The molecule has 1 aliphatic heterocycles. The molecular formula is C17H25NO4. The third-order valence-corrected chi connectivity index (χ3v) is 3.51. The maximum Gasteiger partial charge on any atom is 0.254 e. The minimum absolute atomic E-state index is 0.0445. The van der Waals surface area contributed by atoms with Gasteiger partial charge < -0.3 is 19.1 Å². The quantitative estimate of drug-likeness (QED) is 0.726. The van der Waals surface area contributed by atoms with E-state index in [0.717, 1.165) is 17.7 Å². The second-order valence-corrected chi connectivity index (χ2v) is 5.21. The van der Waals surface area contributed by atoms with Crippen molar-refractivity contribution < 1.29 is 19.0 Å². The number of morpholine rings is 1. The van der Waals surface area contributed by atoms with Gasteiger partial charge in [-0.15, -0.1) is 0 Å². The standard InChI is InChI=1S/C17H25NO4/c1-3-9-21-13-15-12-14(5-6-16(15)22-4-2)17(19)18-7-10-20-11-8-18/h5-6,12H,3-4,7-11,13H2,1-2H3. The molecule has 122 valence electrons. The molecule has 5 heteroatoms. The van der Waals surface area contributed by atoms with Crippen LogP contribution in [-0.4, -0.2) is 50.3 Å². The summed E-state index contributed by atoms with van der Waals surface area (Å²) in [6, 6.07) is 5.58. The predicted octanol–water partition coefficient (Wildman–Crippen LogP) is 2.48. The number of carbonyl (C=O) groups is 1. The Morgan fingerprint density at radius 1 is 1.27 bits per heavy atom. The maximum atomic E-state index is 12.5. The van der Waals surface area contributed by atoms with Crippen molar-refractivity contribution in [1.29, 1.82) is 0 Å². The van der Waals surface area contributed by atoms with Gasteiger partial charge in [-0.1, -0.05) is 6.92 Å². The van der Waals surface area contributed by atoms with Crippen LogP contribution in [0, 0.1) is 0 Å². The Kier molecular flexibility index (Phi) is 6.68.